The minimum Gasteiger partial charge on any atom is -0.408 e. The highest BCUT2D eigenvalue weighted by Crippen LogP contribution is 2.19. The molecule has 0 radical (unpaired) electrons. The summed E-state index contributed by atoms with van der Waals surface area (Å²) in [6, 6.07) is 7.25. The minimum atomic E-state index is -0.939. The number of oxazole rings is 1. The number of carbonyl (C=O) groups is 1. The number of aromatic amines is 1. The molecular weight excluding hydrogens is 268 g/mol. The smallest absolute Gasteiger partial charge is 0.408 e. The van der Waals surface area contributed by atoms with Crippen LogP contribution >= 0.6 is 0 Å². The number of benzene rings is 2. The lowest BCUT2D eigenvalue weighted by atomic mass is 10.0. The highest BCUT2D eigenvalue weighted by molar-refractivity contribution is 6.10. The van der Waals surface area contributed by atoms with E-state index in [1.54, 1.807) is 0 Å². The summed E-state index contributed by atoms with van der Waals surface area (Å²) in [5, 5.41) is 0. The zero-order chi connectivity index (χ0) is 14.3. The van der Waals surface area contributed by atoms with Crippen LogP contribution in [0.1, 0.15) is 15.9 Å². The Labute approximate surface area is 110 Å². The van der Waals surface area contributed by atoms with E-state index in [4.69, 9.17) is 4.42 Å². The van der Waals surface area contributed by atoms with Crippen LogP contribution < -0.4 is 5.76 Å². The van der Waals surface area contributed by atoms with Gasteiger partial charge in [0, 0.05) is 5.56 Å². The number of carbonyl (C=O) groups excluding carboxylic acids is 1. The summed E-state index contributed by atoms with van der Waals surface area (Å²) in [7, 11) is 0. The average Bonchev–Trinajstić information content (AvgIpc) is 2.77. The van der Waals surface area contributed by atoms with Crippen molar-refractivity contribution in [2.24, 2.45) is 0 Å². The van der Waals surface area contributed by atoms with Gasteiger partial charge in [-0.05, 0) is 30.3 Å². The van der Waals surface area contributed by atoms with Crippen molar-refractivity contribution < 1.29 is 18.0 Å². The maximum atomic E-state index is 13.6. The molecule has 0 atom stereocenters. The van der Waals surface area contributed by atoms with Gasteiger partial charge in [-0.15, -0.1) is 0 Å². The summed E-state index contributed by atoms with van der Waals surface area (Å²) in [6.45, 7) is 0. The van der Waals surface area contributed by atoms with Crippen LogP contribution in [0.3, 0.4) is 0 Å². The molecule has 6 heteroatoms. The second-order valence-corrected chi connectivity index (χ2v) is 4.15. The Balaban J connectivity index is 2.15. The summed E-state index contributed by atoms with van der Waals surface area (Å²) in [4.78, 5) is 25.6. The lowest BCUT2D eigenvalue weighted by Crippen LogP contribution is -2.07. The van der Waals surface area contributed by atoms with Gasteiger partial charge in [-0.1, -0.05) is 6.07 Å². The Morgan fingerprint density at radius 3 is 2.50 bits per heavy atom. The molecule has 0 saturated heterocycles. The van der Waals surface area contributed by atoms with Gasteiger partial charge in [0.2, 0.25) is 0 Å². The highest BCUT2D eigenvalue weighted by Gasteiger charge is 2.19. The number of aromatic nitrogens is 1. The maximum absolute atomic E-state index is 13.6. The Morgan fingerprint density at radius 2 is 1.80 bits per heavy atom. The summed E-state index contributed by atoms with van der Waals surface area (Å²) in [6.07, 6.45) is 0. The molecule has 3 rings (SSSR count). The van der Waals surface area contributed by atoms with Gasteiger partial charge >= 0.3 is 5.76 Å². The van der Waals surface area contributed by atoms with Gasteiger partial charge in [-0.25, -0.2) is 13.6 Å². The highest BCUT2D eigenvalue weighted by atomic mass is 19.1. The molecule has 0 aliphatic carbocycles. The van der Waals surface area contributed by atoms with Crippen LogP contribution in [-0.2, 0) is 0 Å². The number of nitrogens with one attached hydrogen (secondary N) is 1. The Kier molecular flexibility index (Phi) is 2.71. The average molecular weight is 275 g/mol. The minimum absolute atomic E-state index is 0.0317. The van der Waals surface area contributed by atoms with E-state index in [1.807, 2.05) is 0 Å². The van der Waals surface area contributed by atoms with E-state index in [2.05, 4.69) is 4.98 Å². The van der Waals surface area contributed by atoms with E-state index in [1.165, 1.54) is 24.3 Å². The monoisotopic (exact) mass is 275 g/mol. The molecule has 0 amide bonds. The standard InChI is InChI=1S/C14H7F2NO3/c15-8-2-1-3-9(16)12(8)13(18)7-4-5-10-11(6-7)20-14(19)17-10/h1-6H,(H,17,19). The van der Waals surface area contributed by atoms with Gasteiger partial charge < -0.3 is 4.42 Å². The van der Waals surface area contributed by atoms with Gasteiger partial charge in [0.25, 0.3) is 0 Å². The fraction of sp³-hybridized carbons (Fsp3) is 0. The fourth-order valence-electron chi connectivity index (χ4n) is 1.95. The van der Waals surface area contributed by atoms with Gasteiger partial charge in [0.1, 0.15) is 11.6 Å². The first-order chi connectivity index (χ1) is 9.56. The predicted octanol–water partition coefficient (Wildman–Crippen LogP) is 2.63. The second kappa shape index (κ2) is 4.41. The van der Waals surface area contributed by atoms with Crippen molar-refractivity contribution in [3.05, 3.63) is 69.7 Å². The van der Waals surface area contributed by atoms with E-state index in [0.717, 1.165) is 12.1 Å². The van der Waals surface area contributed by atoms with Crippen molar-refractivity contribution in [3.63, 3.8) is 0 Å². The Bertz CT molecular complexity index is 859. The summed E-state index contributed by atoms with van der Waals surface area (Å²) in [5.74, 6) is -3.36. The molecular formula is C14H7F2NO3. The van der Waals surface area contributed by atoms with E-state index in [9.17, 15) is 18.4 Å². The Morgan fingerprint density at radius 1 is 1.10 bits per heavy atom. The number of ketones is 1. The quantitative estimate of drug-likeness (QED) is 0.731. The number of hydrogen-bond donors (Lipinski definition) is 1. The fourth-order valence-corrected chi connectivity index (χ4v) is 1.95. The van der Waals surface area contributed by atoms with Crippen molar-refractivity contribution in [1.82, 2.24) is 4.98 Å². The zero-order valence-corrected chi connectivity index (χ0v) is 9.94. The van der Waals surface area contributed by atoms with Gasteiger partial charge in [-0.3, -0.25) is 9.78 Å². The zero-order valence-electron chi connectivity index (χ0n) is 9.94. The van der Waals surface area contributed by atoms with E-state index in [-0.39, 0.29) is 11.1 Å². The first-order valence-corrected chi connectivity index (χ1v) is 5.68. The first-order valence-electron chi connectivity index (χ1n) is 5.68. The van der Waals surface area contributed by atoms with Crippen molar-refractivity contribution in [2.45, 2.75) is 0 Å². The van der Waals surface area contributed by atoms with Gasteiger partial charge in [-0.2, -0.15) is 0 Å². The normalized spacial score (nSPS) is 10.9. The van der Waals surface area contributed by atoms with Gasteiger partial charge in [0.15, 0.2) is 11.4 Å². The number of fused-ring (bicyclic) bond motifs is 1. The van der Waals surface area contributed by atoms with Crippen LogP contribution in [0.4, 0.5) is 8.78 Å². The molecule has 1 N–H and O–H groups in total. The lowest BCUT2D eigenvalue weighted by Gasteiger charge is -2.03. The molecule has 0 aliphatic heterocycles. The molecule has 0 fully saturated rings. The molecule has 0 bridgehead atoms. The topological polar surface area (TPSA) is 63.1 Å². The molecule has 0 unspecified atom stereocenters. The van der Waals surface area contributed by atoms with Crippen molar-refractivity contribution in [1.29, 1.82) is 0 Å². The van der Waals surface area contributed by atoms with Crippen LogP contribution in [0.2, 0.25) is 0 Å². The number of rotatable bonds is 2. The summed E-state index contributed by atoms with van der Waals surface area (Å²) >= 11 is 0. The number of halogens is 2. The van der Waals surface area contributed by atoms with Crippen molar-refractivity contribution in [2.75, 3.05) is 0 Å². The van der Waals surface area contributed by atoms with Crippen LogP contribution in [-0.4, -0.2) is 10.8 Å². The van der Waals surface area contributed by atoms with E-state index in [0.29, 0.717) is 5.52 Å². The predicted molar refractivity (Wildman–Crippen MR) is 66.6 cm³/mol. The number of hydrogen-bond acceptors (Lipinski definition) is 3. The molecule has 0 spiro atoms. The maximum Gasteiger partial charge on any atom is 0.417 e. The van der Waals surface area contributed by atoms with E-state index >= 15 is 0 Å². The molecule has 4 nitrogen and oxygen atoms in total. The molecule has 20 heavy (non-hydrogen) atoms. The first kappa shape index (κ1) is 12.3. The summed E-state index contributed by atoms with van der Waals surface area (Å²) < 4.78 is 31.9. The third kappa shape index (κ3) is 1.91. The summed E-state index contributed by atoms with van der Waals surface area (Å²) in [5.41, 5.74) is -0.0489. The molecule has 3 aromatic rings. The lowest BCUT2D eigenvalue weighted by molar-refractivity contribution is 0.103. The molecule has 100 valence electrons. The third-order valence-electron chi connectivity index (χ3n) is 2.87. The van der Waals surface area contributed by atoms with Crippen LogP contribution in [0, 0.1) is 11.6 Å². The molecule has 0 aliphatic rings. The van der Waals surface area contributed by atoms with Crippen LogP contribution in [0.5, 0.6) is 0 Å². The third-order valence-corrected chi connectivity index (χ3v) is 2.87. The van der Waals surface area contributed by atoms with Gasteiger partial charge in [0.05, 0.1) is 11.1 Å². The Hall–Kier alpha value is -2.76. The van der Waals surface area contributed by atoms with Crippen LogP contribution in [0.15, 0.2) is 45.6 Å². The van der Waals surface area contributed by atoms with Crippen molar-refractivity contribution >= 4 is 16.9 Å². The van der Waals surface area contributed by atoms with Crippen molar-refractivity contribution in [3.8, 4) is 0 Å². The molecule has 2 aromatic carbocycles. The molecule has 1 aromatic heterocycles. The molecule has 1 heterocycles. The van der Waals surface area contributed by atoms with E-state index < -0.39 is 28.7 Å². The largest absolute Gasteiger partial charge is 0.417 e. The number of H-pyrrole nitrogens is 1. The molecule has 0 saturated carbocycles. The van der Waals surface area contributed by atoms with Crippen LogP contribution in [0.25, 0.3) is 11.1 Å². The second-order valence-electron chi connectivity index (χ2n) is 4.15. The SMILES string of the molecule is O=C(c1ccc2[nH]c(=O)oc2c1)c1c(F)cccc1F.